The summed E-state index contributed by atoms with van der Waals surface area (Å²) in [5.74, 6) is 1.33. The summed E-state index contributed by atoms with van der Waals surface area (Å²) in [6.45, 7) is 9.75. The number of nitrogens with one attached hydrogen (secondary N) is 1. The van der Waals surface area contributed by atoms with Crippen LogP contribution in [0.2, 0.25) is 0 Å². The van der Waals surface area contributed by atoms with Gasteiger partial charge in [-0.05, 0) is 42.5 Å². The van der Waals surface area contributed by atoms with Crippen molar-refractivity contribution in [2.24, 2.45) is 0 Å². The molecule has 0 spiro atoms. The number of hydrogen-bond acceptors (Lipinski definition) is 3. The van der Waals surface area contributed by atoms with Crippen molar-refractivity contribution in [3.63, 3.8) is 0 Å². The highest BCUT2D eigenvalue weighted by molar-refractivity contribution is 5.92. The van der Waals surface area contributed by atoms with Gasteiger partial charge < -0.3 is 9.88 Å². The third-order valence-electron chi connectivity index (χ3n) is 4.48. The molecular weight excluding hydrogens is 296 g/mol. The van der Waals surface area contributed by atoms with Gasteiger partial charge in [-0.15, -0.1) is 0 Å². The molecule has 0 fully saturated rings. The maximum Gasteiger partial charge on any atom is 0.139 e. The lowest BCUT2D eigenvalue weighted by atomic mass is 10.0. The van der Waals surface area contributed by atoms with E-state index in [2.05, 4.69) is 65.9 Å². The molecule has 0 saturated heterocycles. The highest BCUT2D eigenvalue weighted by atomic mass is 15.0. The van der Waals surface area contributed by atoms with E-state index in [4.69, 9.17) is 0 Å². The summed E-state index contributed by atoms with van der Waals surface area (Å²) in [5.41, 5.74) is 4.73. The second-order valence-corrected chi connectivity index (χ2v) is 6.66. The fraction of sp³-hybridized carbons (Fsp3) is 0.400. The van der Waals surface area contributed by atoms with Crippen LogP contribution in [-0.4, -0.2) is 14.5 Å². The maximum atomic E-state index is 4.59. The van der Waals surface area contributed by atoms with Gasteiger partial charge in [0.05, 0.1) is 5.52 Å². The highest BCUT2D eigenvalue weighted by Gasteiger charge is 2.13. The van der Waals surface area contributed by atoms with E-state index < -0.39 is 0 Å². The van der Waals surface area contributed by atoms with Crippen molar-refractivity contribution in [2.45, 2.75) is 53.0 Å². The summed E-state index contributed by atoms with van der Waals surface area (Å²) in [4.78, 5) is 8.94. The van der Waals surface area contributed by atoms with Crippen LogP contribution in [0.5, 0.6) is 0 Å². The van der Waals surface area contributed by atoms with Crippen LogP contribution in [0.4, 0.5) is 11.5 Å². The van der Waals surface area contributed by atoms with Crippen molar-refractivity contribution in [1.82, 2.24) is 14.5 Å². The zero-order chi connectivity index (χ0) is 17.1. The molecule has 0 amide bonds. The number of unbranched alkanes of at least 4 members (excludes halogenated alkanes) is 1. The van der Waals surface area contributed by atoms with E-state index in [1.165, 1.54) is 29.3 Å². The molecule has 0 aliphatic carbocycles. The molecule has 0 radical (unpaired) electrons. The number of hydrogen-bond donors (Lipinski definition) is 1. The quantitative estimate of drug-likeness (QED) is 0.660. The van der Waals surface area contributed by atoms with Gasteiger partial charge in [0.25, 0.3) is 0 Å². The summed E-state index contributed by atoms with van der Waals surface area (Å²) in [7, 11) is 0. The lowest BCUT2D eigenvalue weighted by molar-refractivity contribution is 0.650. The first-order valence-corrected chi connectivity index (χ1v) is 8.77. The molecule has 0 atom stereocenters. The number of pyridine rings is 2. The van der Waals surface area contributed by atoms with Crippen molar-refractivity contribution in [3.8, 4) is 0 Å². The fourth-order valence-corrected chi connectivity index (χ4v) is 3.06. The summed E-state index contributed by atoms with van der Waals surface area (Å²) >= 11 is 0. The number of aromatic nitrogens is 3. The van der Waals surface area contributed by atoms with Crippen LogP contribution in [0, 0.1) is 6.92 Å². The first-order chi connectivity index (χ1) is 11.6. The lowest BCUT2D eigenvalue weighted by Gasteiger charge is -2.16. The fourth-order valence-electron chi connectivity index (χ4n) is 3.06. The van der Waals surface area contributed by atoms with Crippen molar-refractivity contribution < 1.29 is 0 Å². The number of rotatable bonds is 6. The van der Waals surface area contributed by atoms with Gasteiger partial charge in [-0.2, -0.15) is 0 Å². The van der Waals surface area contributed by atoms with E-state index in [0.29, 0.717) is 5.92 Å². The van der Waals surface area contributed by atoms with Gasteiger partial charge in [0.2, 0.25) is 0 Å². The van der Waals surface area contributed by atoms with Gasteiger partial charge in [0.15, 0.2) is 0 Å². The first-order valence-electron chi connectivity index (χ1n) is 8.77. The Bertz CT molecular complexity index is 833. The monoisotopic (exact) mass is 322 g/mol. The second-order valence-electron chi connectivity index (χ2n) is 6.66. The van der Waals surface area contributed by atoms with E-state index in [1.807, 2.05) is 18.6 Å². The van der Waals surface area contributed by atoms with E-state index in [9.17, 15) is 0 Å². The van der Waals surface area contributed by atoms with Crippen molar-refractivity contribution in [2.75, 3.05) is 5.32 Å². The summed E-state index contributed by atoms with van der Waals surface area (Å²) in [5, 5.41) is 4.74. The molecule has 0 saturated carbocycles. The van der Waals surface area contributed by atoms with Crippen molar-refractivity contribution >= 4 is 22.4 Å². The van der Waals surface area contributed by atoms with Crippen LogP contribution < -0.4 is 5.32 Å². The zero-order valence-corrected chi connectivity index (χ0v) is 15.0. The lowest BCUT2D eigenvalue weighted by Crippen LogP contribution is -2.03. The predicted molar refractivity (Wildman–Crippen MR) is 101 cm³/mol. The topological polar surface area (TPSA) is 42.7 Å². The molecule has 0 aliphatic heterocycles. The molecule has 0 aliphatic rings. The van der Waals surface area contributed by atoms with Gasteiger partial charge in [-0.1, -0.05) is 27.2 Å². The minimum atomic E-state index is 0.410. The third-order valence-corrected chi connectivity index (χ3v) is 4.48. The van der Waals surface area contributed by atoms with Crippen LogP contribution in [0.15, 0.2) is 36.9 Å². The Hall–Kier alpha value is -2.36. The molecule has 4 nitrogen and oxygen atoms in total. The summed E-state index contributed by atoms with van der Waals surface area (Å²) < 4.78 is 2.31. The van der Waals surface area contributed by atoms with Gasteiger partial charge >= 0.3 is 0 Å². The number of anilines is 2. The normalized spacial score (nSPS) is 11.4. The van der Waals surface area contributed by atoms with E-state index in [0.717, 1.165) is 23.6 Å². The largest absolute Gasteiger partial charge is 0.347 e. The molecule has 0 bridgehead atoms. The number of nitrogens with zero attached hydrogens (tertiary/aromatic N) is 3. The van der Waals surface area contributed by atoms with Crippen molar-refractivity contribution in [1.29, 1.82) is 0 Å². The van der Waals surface area contributed by atoms with Gasteiger partial charge in [0.1, 0.15) is 5.82 Å². The maximum absolute atomic E-state index is 4.59. The molecule has 3 aromatic rings. The molecule has 24 heavy (non-hydrogen) atoms. The molecule has 3 aromatic heterocycles. The average molecular weight is 322 g/mol. The Morgan fingerprint density at radius 1 is 1.21 bits per heavy atom. The molecule has 0 aromatic carbocycles. The van der Waals surface area contributed by atoms with Crippen molar-refractivity contribution in [3.05, 3.63) is 48.0 Å². The Labute approximate surface area is 143 Å². The Morgan fingerprint density at radius 2 is 2.04 bits per heavy atom. The number of aryl methyl sites for hydroxylation is 2. The molecule has 3 heterocycles. The van der Waals surface area contributed by atoms with E-state index in [-0.39, 0.29) is 0 Å². The van der Waals surface area contributed by atoms with Crippen LogP contribution in [0.3, 0.4) is 0 Å². The Balaban J connectivity index is 2.01. The van der Waals surface area contributed by atoms with Crippen LogP contribution >= 0.6 is 0 Å². The number of fused-ring (bicyclic) bond motifs is 1. The summed E-state index contributed by atoms with van der Waals surface area (Å²) in [6, 6.07) is 4.25. The van der Waals surface area contributed by atoms with E-state index >= 15 is 0 Å². The SMILES string of the molecule is CCCCn1ccc2c(Nc3c(C)cncc3C(C)C)nccc21. The molecule has 0 unspecified atom stereocenters. The average Bonchev–Trinajstić information content (AvgIpc) is 2.98. The smallest absolute Gasteiger partial charge is 0.139 e. The van der Waals surface area contributed by atoms with Gasteiger partial charge in [-0.3, -0.25) is 4.98 Å². The molecule has 3 rings (SSSR count). The Morgan fingerprint density at radius 3 is 2.79 bits per heavy atom. The zero-order valence-electron chi connectivity index (χ0n) is 15.0. The Kier molecular flexibility index (Phi) is 4.84. The van der Waals surface area contributed by atoms with Gasteiger partial charge in [0, 0.05) is 42.4 Å². The highest BCUT2D eigenvalue weighted by Crippen LogP contribution is 2.31. The predicted octanol–water partition coefficient (Wildman–Crippen LogP) is 5.41. The third kappa shape index (κ3) is 3.14. The first kappa shape index (κ1) is 16.5. The van der Waals surface area contributed by atoms with E-state index in [1.54, 1.807) is 0 Å². The summed E-state index contributed by atoms with van der Waals surface area (Å²) in [6.07, 6.45) is 10.3. The molecule has 4 heteroatoms. The second kappa shape index (κ2) is 7.04. The van der Waals surface area contributed by atoms with Crippen LogP contribution in [-0.2, 0) is 6.54 Å². The minimum absolute atomic E-state index is 0.410. The molecular formula is C20H26N4. The molecule has 1 N–H and O–H groups in total. The molecule has 126 valence electrons. The van der Waals surface area contributed by atoms with Gasteiger partial charge in [-0.25, -0.2) is 4.98 Å². The van der Waals surface area contributed by atoms with Crippen LogP contribution in [0.25, 0.3) is 10.9 Å². The standard InChI is InChI=1S/C20H26N4/c1-5-6-10-24-11-8-16-18(24)7-9-22-20(16)23-19-15(4)12-21-13-17(19)14(2)3/h7-9,11-14H,5-6,10H2,1-4H3,(H,21,22,23). The minimum Gasteiger partial charge on any atom is -0.347 e. The van der Waals surface area contributed by atoms with Crippen LogP contribution in [0.1, 0.15) is 50.7 Å².